The Hall–Kier alpha value is -4.33. The quantitative estimate of drug-likeness (QED) is 0.223. The van der Waals surface area contributed by atoms with Gasteiger partial charge in [0.25, 0.3) is 0 Å². The highest BCUT2D eigenvalue weighted by atomic mass is 16.5. The van der Waals surface area contributed by atoms with E-state index >= 15 is 0 Å². The molecule has 0 saturated carbocycles. The molecule has 0 radical (unpaired) electrons. The Morgan fingerprint density at radius 1 is 0.897 bits per heavy atom. The summed E-state index contributed by atoms with van der Waals surface area (Å²) in [7, 11) is 0. The fourth-order valence-corrected chi connectivity index (χ4v) is 4.24. The molecule has 39 heavy (non-hydrogen) atoms. The normalized spacial score (nSPS) is 11.6. The Morgan fingerprint density at radius 2 is 1.62 bits per heavy atom. The Balaban J connectivity index is 1.64. The van der Waals surface area contributed by atoms with Crippen molar-refractivity contribution in [3.8, 4) is 11.5 Å². The first-order chi connectivity index (χ1) is 18.8. The minimum absolute atomic E-state index is 0.00497. The largest absolute Gasteiger partial charge is 0.490 e. The van der Waals surface area contributed by atoms with Crippen molar-refractivity contribution in [2.45, 2.75) is 53.7 Å². The molecule has 8 nitrogen and oxygen atoms in total. The van der Waals surface area contributed by atoms with Crippen molar-refractivity contribution in [2.24, 2.45) is 5.10 Å². The van der Waals surface area contributed by atoms with Crippen molar-refractivity contribution in [2.75, 3.05) is 13.2 Å². The van der Waals surface area contributed by atoms with Gasteiger partial charge < -0.3 is 19.5 Å². The smallest absolute Gasteiger partial charge is 0.407 e. The van der Waals surface area contributed by atoms with Crippen LogP contribution in [-0.4, -0.2) is 31.4 Å². The van der Waals surface area contributed by atoms with Crippen molar-refractivity contribution in [1.29, 1.82) is 0 Å². The van der Waals surface area contributed by atoms with Crippen molar-refractivity contribution in [1.82, 2.24) is 10.7 Å². The molecule has 0 aliphatic carbocycles. The number of aryl methyl sites for hydroxylation is 3. The third-order valence-corrected chi connectivity index (χ3v) is 6.04. The molecule has 3 aromatic carbocycles. The highest BCUT2D eigenvalue weighted by Crippen LogP contribution is 2.30. The van der Waals surface area contributed by atoms with Gasteiger partial charge in [-0.2, -0.15) is 5.10 Å². The van der Waals surface area contributed by atoms with Crippen LogP contribution in [0.1, 0.15) is 59.7 Å². The molecule has 3 rings (SSSR count). The maximum atomic E-state index is 12.6. The van der Waals surface area contributed by atoms with Crippen LogP contribution in [-0.2, 0) is 16.1 Å². The van der Waals surface area contributed by atoms with E-state index in [9.17, 15) is 9.59 Å². The van der Waals surface area contributed by atoms with E-state index in [4.69, 9.17) is 14.2 Å². The third kappa shape index (κ3) is 8.88. The fourth-order valence-electron chi connectivity index (χ4n) is 4.24. The number of ether oxygens (including phenoxy) is 3. The van der Waals surface area contributed by atoms with Crippen molar-refractivity contribution < 1.29 is 23.8 Å². The van der Waals surface area contributed by atoms with Gasteiger partial charge in [0, 0.05) is 0 Å². The number of hydrogen-bond acceptors (Lipinski definition) is 6. The summed E-state index contributed by atoms with van der Waals surface area (Å²) in [6.45, 7) is 11.0. The Labute approximate surface area is 230 Å². The lowest BCUT2D eigenvalue weighted by atomic mass is 10.0. The molecule has 0 aliphatic rings. The Morgan fingerprint density at radius 3 is 2.28 bits per heavy atom. The van der Waals surface area contributed by atoms with Crippen LogP contribution in [0.3, 0.4) is 0 Å². The van der Waals surface area contributed by atoms with E-state index in [1.165, 1.54) is 22.9 Å². The summed E-state index contributed by atoms with van der Waals surface area (Å²) in [5.74, 6) is 0.872. The minimum atomic E-state index is -0.582. The molecular formula is C31H37N3O5. The lowest BCUT2D eigenvalue weighted by Gasteiger charge is -2.18. The summed E-state index contributed by atoms with van der Waals surface area (Å²) in [4.78, 5) is 24.6. The van der Waals surface area contributed by atoms with Crippen molar-refractivity contribution >= 4 is 18.2 Å². The van der Waals surface area contributed by atoms with Crippen molar-refractivity contribution in [3.63, 3.8) is 0 Å². The molecule has 0 bridgehead atoms. The molecule has 0 saturated heterocycles. The third-order valence-electron chi connectivity index (χ3n) is 6.04. The van der Waals surface area contributed by atoms with Crippen LogP contribution < -0.4 is 20.2 Å². The first-order valence-electron chi connectivity index (χ1n) is 13.1. The predicted molar refractivity (Wildman–Crippen MR) is 152 cm³/mol. The summed E-state index contributed by atoms with van der Waals surface area (Å²) < 4.78 is 16.9. The van der Waals surface area contributed by atoms with Crippen LogP contribution in [0, 0.1) is 20.8 Å². The second kappa shape index (κ2) is 14.6. The maximum absolute atomic E-state index is 12.6. The van der Waals surface area contributed by atoms with Gasteiger partial charge in [0.05, 0.1) is 31.9 Å². The van der Waals surface area contributed by atoms with Crippen molar-refractivity contribution in [3.05, 3.63) is 94.0 Å². The molecule has 0 spiro atoms. The summed E-state index contributed by atoms with van der Waals surface area (Å²) in [6.07, 6.45) is 0.949. The molecule has 3 aromatic rings. The minimum Gasteiger partial charge on any atom is -0.490 e. The molecule has 0 aliphatic heterocycles. The Bertz CT molecular complexity index is 1270. The second-order valence-corrected chi connectivity index (χ2v) is 9.13. The number of hydrazone groups is 1. The van der Waals surface area contributed by atoms with E-state index in [0.29, 0.717) is 24.7 Å². The van der Waals surface area contributed by atoms with Gasteiger partial charge >= 0.3 is 6.09 Å². The molecule has 2 amide bonds. The van der Waals surface area contributed by atoms with Gasteiger partial charge in [0.2, 0.25) is 5.91 Å². The van der Waals surface area contributed by atoms with Gasteiger partial charge in [0.15, 0.2) is 11.5 Å². The van der Waals surface area contributed by atoms with E-state index < -0.39 is 12.1 Å². The number of amides is 2. The number of hydrogen-bond donors (Lipinski definition) is 2. The van der Waals surface area contributed by atoms with E-state index in [1.807, 2.05) is 55.5 Å². The zero-order valence-electron chi connectivity index (χ0n) is 23.2. The second-order valence-electron chi connectivity index (χ2n) is 9.13. The number of rotatable bonds is 12. The average molecular weight is 532 g/mol. The monoisotopic (exact) mass is 531 g/mol. The van der Waals surface area contributed by atoms with E-state index in [-0.39, 0.29) is 18.9 Å². The predicted octanol–water partition coefficient (Wildman–Crippen LogP) is 5.92. The van der Waals surface area contributed by atoms with Gasteiger partial charge in [-0.15, -0.1) is 0 Å². The zero-order valence-corrected chi connectivity index (χ0v) is 23.2. The van der Waals surface area contributed by atoms with Gasteiger partial charge in [-0.05, 0) is 80.6 Å². The number of benzene rings is 3. The zero-order chi connectivity index (χ0) is 28.2. The number of carbonyl (C=O) groups excluding carboxylic acids is 2. The van der Waals surface area contributed by atoms with Crippen LogP contribution in [0.25, 0.3) is 0 Å². The molecule has 8 heteroatoms. The van der Waals surface area contributed by atoms with Crippen LogP contribution in [0.4, 0.5) is 4.79 Å². The maximum Gasteiger partial charge on any atom is 0.407 e. The topological polar surface area (TPSA) is 98.2 Å². The van der Waals surface area contributed by atoms with Crippen LogP contribution in [0.2, 0.25) is 0 Å². The van der Waals surface area contributed by atoms with E-state index in [2.05, 4.69) is 48.7 Å². The summed E-state index contributed by atoms with van der Waals surface area (Å²) in [5, 5.41) is 6.82. The number of nitrogens with one attached hydrogen (secondary N) is 2. The van der Waals surface area contributed by atoms with Crippen LogP contribution in [0.5, 0.6) is 11.5 Å². The molecule has 0 unspecified atom stereocenters. The highest BCUT2D eigenvalue weighted by Gasteiger charge is 2.19. The SMILES string of the molecule is CCOC(=O)N[C@@H](CC(=O)N/N=C\c1ccc(OCc2c(C)cc(C)cc2C)c(OCC)c1)c1ccccc1. The highest BCUT2D eigenvalue weighted by molar-refractivity contribution is 5.83. The lowest BCUT2D eigenvalue weighted by molar-refractivity contribution is -0.121. The van der Waals surface area contributed by atoms with Gasteiger partial charge in [-0.3, -0.25) is 4.79 Å². The molecular weight excluding hydrogens is 494 g/mol. The molecule has 2 N–H and O–H groups in total. The van der Waals surface area contributed by atoms with Gasteiger partial charge in [-0.25, -0.2) is 10.2 Å². The fraction of sp³-hybridized carbons (Fsp3) is 0.323. The average Bonchev–Trinajstić information content (AvgIpc) is 2.89. The standard InChI is InChI=1S/C31H37N3O5/c1-6-37-29-17-24(13-14-28(29)39-20-26-22(4)15-21(3)16-23(26)5)19-32-34-30(35)18-27(33-31(36)38-7-2)25-11-9-8-10-12-25/h8-17,19,27H,6-7,18,20H2,1-5H3,(H,33,36)(H,34,35)/b32-19-/t27-/m0/s1. The summed E-state index contributed by atoms with van der Waals surface area (Å²) >= 11 is 0. The molecule has 0 heterocycles. The van der Waals surface area contributed by atoms with E-state index in [0.717, 1.165) is 16.7 Å². The van der Waals surface area contributed by atoms with Gasteiger partial charge in [0.1, 0.15) is 6.61 Å². The number of alkyl carbamates (subject to hydrolysis) is 1. The van der Waals surface area contributed by atoms with Gasteiger partial charge in [-0.1, -0.05) is 48.0 Å². The number of nitrogens with zero attached hydrogens (tertiary/aromatic N) is 1. The Kier molecular flexibility index (Phi) is 10.9. The van der Waals surface area contributed by atoms with Crippen LogP contribution in [0.15, 0.2) is 65.8 Å². The summed E-state index contributed by atoms with van der Waals surface area (Å²) in [5.41, 5.74) is 8.82. The first kappa shape index (κ1) is 29.2. The first-order valence-corrected chi connectivity index (χ1v) is 13.1. The number of carbonyl (C=O) groups is 2. The lowest BCUT2D eigenvalue weighted by Crippen LogP contribution is -2.33. The summed E-state index contributed by atoms with van der Waals surface area (Å²) in [6, 6.07) is 18.5. The molecule has 206 valence electrons. The molecule has 1 atom stereocenters. The molecule has 0 fully saturated rings. The van der Waals surface area contributed by atoms with Crippen LogP contribution >= 0.6 is 0 Å². The van der Waals surface area contributed by atoms with E-state index in [1.54, 1.807) is 6.92 Å². The molecule has 0 aromatic heterocycles.